The Morgan fingerprint density at radius 1 is 1.29 bits per heavy atom. The number of nitrogens with zero attached hydrogens (tertiary/aromatic N) is 3. The molecular formula is C11H22N4O2. The highest BCUT2D eigenvalue weighted by Gasteiger charge is 1.98. The van der Waals surface area contributed by atoms with E-state index in [0.29, 0.717) is 13.2 Å². The summed E-state index contributed by atoms with van der Waals surface area (Å²) in [6, 6.07) is 0. The minimum Gasteiger partial charge on any atom is -0.382 e. The quantitative estimate of drug-likeness (QED) is 0.585. The number of nitrogens with one attached hydrogen (secondary N) is 1. The molecule has 0 fully saturated rings. The highest BCUT2D eigenvalue weighted by atomic mass is 16.5. The van der Waals surface area contributed by atoms with Crippen LogP contribution >= 0.6 is 0 Å². The summed E-state index contributed by atoms with van der Waals surface area (Å²) >= 11 is 0. The van der Waals surface area contributed by atoms with Crippen LogP contribution in [0.1, 0.15) is 12.2 Å². The molecule has 1 heterocycles. The van der Waals surface area contributed by atoms with E-state index in [1.807, 2.05) is 11.6 Å². The number of aryl methyl sites for hydroxylation is 1. The van der Waals surface area contributed by atoms with Crippen LogP contribution in [0.15, 0.2) is 6.33 Å². The molecule has 0 radical (unpaired) electrons. The Labute approximate surface area is 102 Å². The Bertz CT molecular complexity index is 291. The van der Waals surface area contributed by atoms with Crippen LogP contribution in [0.3, 0.4) is 0 Å². The summed E-state index contributed by atoms with van der Waals surface area (Å²) in [5.74, 6) is 1.01. The molecule has 0 saturated heterocycles. The average Bonchev–Trinajstić information content (AvgIpc) is 2.73. The number of hydrogen-bond acceptors (Lipinski definition) is 5. The third-order valence-corrected chi connectivity index (χ3v) is 2.40. The summed E-state index contributed by atoms with van der Waals surface area (Å²) in [5, 5.41) is 11.2. The zero-order valence-electron chi connectivity index (χ0n) is 10.7. The molecule has 0 amide bonds. The lowest BCUT2D eigenvalue weighted by Crippen LogP contribution is -2.21. The van der Waals surface area contributed by atoms with Gasteiger partial charge in [-0.05, 0) is 13.0 Å². The maximum Gasteiger partial charge on any atom is 0.133 e. The molecule has 1 N–H and O–H groups in total. The van der Waals surface area contributed by atoms with Crippen molar-refractivity contribution in [1.29, 1.82) is 0 Å². The molecular weight excluding hydrogens is 220 g/mol. The second kappa shape index (κ2) is 9.09. The summed E-state index contributed by atoms with van der Waals surface area (Å²) in [6.45, 7) is 4.00. The lowest BCUT2D eigenvalue weighted by Gasteiger charge is -2.05. The van der Waals surface area contributed by atoms with Crippen LogP contribution in [0.4, 0.5) is 0 Å². The first-order valence-corrected chi connectivity index (χ1v) is 5.95. The van der Waals surface area contributed by atoms with Crippen LogP contribution < -0.4 is 5.32 Å². The van der Waals surface area contributed by atoms with Gasteiger partial charge in [-0.3, -0.25) is 0 Å². The van der Waals surface area contributed by atoms with E-state index in [1.165, 1.54) is 0 Å². The summed E-state index contributed by atoms with van der Waals surface area (Å²) in [4.78, 5) is 0. The molecule has 0 aromatic carbocycles. The smallest absolute Gasteiger partial charge is 0.133 e. The van der Waals surface area contributed by atoms with Crippen LogP contribution in [0.25, 0.3) is 0 Å². The van der Waals surface area contributed by atoms with Crippen molar-refractivity contribution in [2.24, 2.45) is 7.05 Å². The first kappa shape index (κ1) is 14.1. The number of rotatable bonds is 10. The Morgan fingerprint density at radius 3 is 2.88 bits per heavy atom. The average molecular weight is 242 g/mol. The molecule has 0 bridgehead atoms. The van der Waals surface area contributed by atoms with E-state index < -0.39 is 0 Å². The Morgan fingerprint density at radius 2 is 2.18 bits per heavy atom. The van der Waals surface area contributed by atoms with Gasteiger partial charge in [0.2, 0.25) is 0 Å². The van der Waals surface area contributed by atoms with Gasteiger partial charge in [0.25, 0.3) is 0 Å². The minimum absolute atomic E-state index is 0.666. The summed E-state index contributed by atoms with van der Waals surface area (Å²) in [6.07, 6.45) is 3.64. The molecule has 6 nitrogen and oxygen atoms in total. The standard InChI is InChI=1S/C11H22N4O2/c1-15-10-13-14-11(15)4-6-12-5-3-7-17-9-8-16-2/h10,12H,3-9H2,1-2H3. The molecule has 98 valence electrons. The molecule has 6 heteroatoms. The van der Waals surface area contributed by atoms with Crippen molar-refractivity contribution in [3.05, 3.63) is 12.2 Å². The van der Waals surface area contributed by atoms with E-state index in [1.54, 1.807) is 13.4 Å². The van der Waals surface area contributed by atoms with Gasteiger partial charge in [-0.25, -0.2) is 0 Å². The zero-order chi connectivity index (χ0) is 12.3. The fourth-order valence-electron chi connectivity index (χ4n) is 1.40. The van der Waals surface area contributed by atoms with E-state index in [0.717, 1.165) is 38.4 Å². The molecule has 0 saturated carbocycles. The van der Waals surface area contributed by atoms with E-state index in [4.69, 9.17) is 9.47 Å². The molecule has 1 rings (SSSR count). The number of aromatic nitrogens is 3. The van der Waals surface area contributed by atoms with Crippen molar-refractivity contribution in [1.82, 2.24) is 20.1 Å². The van der Waals surface area contributed by atoms with Gasteiger partial charge in [0.1, 0.15) is 12.2 Å². The van der Waals surface area contributed by atoms with Gasteiger partial charge in [-0.15, -0.1) is 10.2 Å². The van der Waals surface area contributed by atoms with Crippen LogP contribution in [0, 0.1) is 0 Å². The molecule has 17 heavy (non-hydrogen) atoms. The highest BCUT2D eigenvalue weighted by Crippen LogP contribution is 1.91. The van der Waals surface area contributed by atoms with Crippen LogP contribution in [0.5, 0.6) is 0 Å². The van der Waals surface area contributed by atoms with Gasteiger partial charge in [0, 0.05) is 33.7 Å². The van der Waals surface area contributed by atoms with Crippen molar-refractivity contribution in [2.45, 2.75) is 12.8 Å². The van der Waals surface area contributed by atoms with Crippen LogP contribution in [-0.2, 0) is 22.9 Å². The minimum atomic E-state index is 0.666. The topological polar surface area (TPSA) is 61.2 Å². The molecule has 1 aromatic rings. The van der Waals surface area contributed by atoms with Crippen molar-refractivity contribution >= 4 is 0 Å². The molecule has 0 atom stereocenters. The number of ether oxygens (including phenoxy) is 2. The molecule has 0 aliphatic carbocycles. The van der Waals surface area contributed by atoms with Crippen molar-refractivity contribution in [3.8, 4) is 0 Å². The van der Waals surface area contributed by atoms with E-state index in [2.05, 4.69) is 15.5 Å². The monoisotopic (exact) mass is 242 g/mol. The van der Waals surface area contributed by atoms with E-state index in [-0.39, 0.29) is 0 Å². The second-order valence-corrected chi connectivity index (χ2v) is 3.82. The third kappa shape index (κ3) is 6.35. The Hall–Kier alpha value is -0.980. The lowest BCUT2D eigenvalue weighted by atomic mass is 10.3. The third-order valence-electron chi connectivity index (χ3n) is 2.40. The van der Waals surface area contributed by atoms with Gasteiger partial charge in [-0.2, -0.15) is 0 Å². The fourth-order valence-corrected chi connectivity index (χ4v) is 1.40. The molecule has 0 spiro atoms. The highest BCUT2D eigenvalue weighted by molar-refractivity contribution is 4.84. The van der Waals surface area contributed by atoms with Crippen molar-refractivity contribution in [3.63, 3.8) is 0 Å². The predicted molar refractivity (Wildman–Crippen MR) is 64.9 cm³/mol. The van der Waals surface area contributed by atoms with Crippen LogP contribution in [0.2, 0.25) is 0 Å². The van der Waals surface area contributed by atoms with Crippen molar-refractivity contribution < 1.29 is 9.47 Å². The van der Waals surface area contributed by atoms with Gasteiger partial charge in [-0.1, -0.05) is 0 Å². The van der Waals surface area contributed by atoms with Crippen molar-refractivity contribution in [2.75, 3.05) is 40.0 Å². The maximum absolute atomic E-state index is 5.35. The van der Waals surface area contributed by atoms with Gasteiger partial charge in [0.05, 0.1) is 13.2 Å². The van der Waals surface area contributed by atoms with Gasteiger partial charge in [0.15, 0.2) is 0 Å². The van der Waals surface area contributed by atoms with E-state index in [9.17, 15) is 0 Å². The lowest BCUT2D eigenvalue weighted by molar-refractivity contribution is 0.0695. The number of hydrogen-bond donors (Lipinski definition) is 1. The SMILES string of the molecule is COCCOCCCNCCc1nncn1C. The summed E-state index contributed by atoms with van der Waals surface area (Å²) in [5.41, 5.74) is 0. The predicted octanol–water partition coefficient (Wildman–Crippen LogP) is 0.000300. The fraction of sp³-hybridized carbons (Fsp3) is 0.818. The Balaban J connectivity index is 1.86. The van der Waals surface area contributed by atoms with Gasteiger partial charge < -0.3 is 19.4 Å². The summed E-state index contributed by atoms with van der Waals surface area (Å²) < 4.78 is 12.2. The van der Waals surface area contributed by atoms with E-state index >= 15 is 0 Å². The maximum atomic E-state index is 5.35. The molecule has 0 aliphatic rings. The molecule has 0 unspecified atom stereocenters. The van der Waals surface area contributed by atoms with Crippen LogP contribution in [-0.4, -0.2) is 54.8 Å². The second-order valence-electron chi connectivity index (χ2n) is 3.82. The van der Waals surface area contributed by atoms with Gasteiger partial charge >= 0.3 is 0 Å². The largest absolute Gasteiger partial charge is 0.382 e. The molecule has 0 aliphatic heterocycles. The number of methoxy groups -OCH3 is 1. The first-order chi connectivity index (χ1) is 8.34. The summed E-state index contributed by atoms with van der Waals surface area (Å²) in [7, 11) is 3.64. The molecule has 1 aromatic heterocycles. The normalized spacial score (nSPS) is 10.9. The first-order valence-electron chi connectivity index (χ1n) is 5.95. The Kier molecular flexibility index (Phi) is 7.53. The zero-order valence-corrected chi connectivity index (χ0v) is 10.7.